The van der Waals surface area contributed by atoms with Crippen molar-refractivity contribution in [2.24, 2.45) is 0 Å². The van der Waals surface area contributed by atoms with E-state index in [0.29, 0.717) is 21.5 Å². The first kappa shape index (κ1) is 20.0. The van der Waals surface area contributed by atoms with Crippen molar-refractivity contribution in [2.45, 2.75) is 17.4 Å². The summed E-state index contributed by atoms with van der Waals surface area (Å²) in [5.74, 6) is -1.45. The van der Waals surface area contributed by atoms with Gasteiger partial charge >= 0.3 is 0 Å². The smallest absolute Gasteiger partial charge is 0.254 e. The van der Waals surface area contributed by atoms with Gasteiger partial charge in [-0.3, -0.25) is 14.4 Å². The summed E-state index contributed by atoms with van der Waals surface area (Å²) < 4.78 is 24.0. The first-order valence-electron chi connectivity index (χ1n) is 8.82. The van der Waals surface area contributed by atoms with E-state index in [0.717, 1.165) is 17.6 Å². The van der Waals surface area contributed by atoms with E-state index in [1.807, 2.05) is 0 Å². The van der Waals surface area contributed by atoms with Crippen LogP contribution in [0, 0.1) is 0 Å². The summed E-state index contributed by atoms with van der Waals surface area (Å²) in [5.41, 5.74) is 1.25. The van der Waals surface area contributed by atoms with Gasteiger partial charge in [0.2, 0.25) is 11.8 Å². The van der Waals surface area contributed by atoms with Crippen molar-refractivity contribution in [1.29, 1.82) is 0 Å². The molecule has 4 rings (SSSR count). The van der Waals surface area contributed by atoms with E-state index in [9.17, 15) is 22.8 Å². The van der Waals surface area contributed by atoms with E-state index < -0.39 is 33.6 Å². The molecular formula is C19H16N4O5S2. The highest BCUT2D eigenvalue weighted by atomic mass is 32.2. The molecule has 3 N–H and O–H groups in total. The molecule has 1 aromatic heterocycles. The summed E-state index contributed by atoms with van der Waals surface area (Å²) in [4.78, 5) is 41.6. The number of carbonyl (C=O) groups is 3. The Hall–Kier alpha value is -3.31. The minimum Gasteiger partial charge on any atom is -0.340 e. The lowest BCUT2D eigenvalue weighted by atomic mass is 10.1. The summed E-state index contributed by atoms with van der Waals surface area (Å²) in [6.07, 6.45) is 0.832. The van der Waals surface area contributed by atoms with E-state index in [1.165, 1.54) is 12.1 Å². The number of thiazole rings is 1. The number of hydrogen-bond donors (Lipinski definition) is 3. The minimum absolute atomic E-state index is 0.161. The number of amides is 3. The Morgan fingerprint density at radius 3 is 2.73 bits per heavy atom. The summed E-state index contributed by atoms with van der Waals surface area (Å²) >= 11 is 1.12. The van der Waals surface area contributed by atoms with Crippen molar-refractivity contribution in [3.63, 3.8) is 0 Å². The monoisotopic (exact) mass is 444 g/mol. The number of carbonyl (C=O) groups excluding carboxylic acids is 3. The van der Waals surface area contributed by atoms with Crippen molar-refractivity contribution < 1.29 is 22.8 Å². The molecule has 2 aromatic carbocycles. The first-order valence-corrected chi connectivity index (χ1v) is 11.5. The maximum atomic E-state index is 12.4. The quantitative estimate of drug-likeness (QED) is 0.562. The zero-order valence-corrected chi connectivity index (χ0v) is 17.3. The van der Waals surface area contributed by atoms with Crippen LogP contribution in [0.3, 0.4) is 0 Å². The molecule has 2 heterocycles. The number of nitrogens with one attached hydrogen (secondary N) is 3. The number of benzene rings is 2. The maximum absolute atomic E-state index is 12.4. The SMILES string of the molecule is CS(=O)(=O)c1ccc2nc(NC(=O)C[C@@H]3NC(=O)c4ccccc4NC3=O)sc2c1. The molecule has 0 unspecified atom stereocenters. The second-order valence-corrected chi connectivity index (χ2v) is 9.78. The van der Waals surface area contributed by atoms with Crippen molar-refractivity contribution in [2.75, 3.05) is 16.9 Å². The fraction of sp³-hybridized carbons (Fsp3) is 0.158. The van der Waals surface area contributed by atoms with Gasteiger partial charge in [-0.1, -0.05) is 23.5 Å². The predicted octanol–water partition coefficient (Wildman–Crippen LogP) is 1.78. The van der Waals surface area contributed by atoms with Gasteiger partial charge in [-0.25, -0.2) is 13.4 Å². The number of hydrogen-bond acceptors (Lipinski definition) is 7. The molecule has 3 amide bonds. The first-order chi connectivity index (χ1) is 14.2. The molecule has 1 aliphatic heterocycles. The zero-order chi connectivity index (χ0) is 21.5. The lowest BCUT2D eigenvalue weighted by Gasteiger charge is -2.13. The Labute approximate surface area is 175 Å². The van der Waals surface area contributed by atoms with Gasteiger partial charge in [0.05, 0.1) is 32.8 Å². The third-order valence-corrected chi connectivity index (χ3v) is 6.52. The van der Waals surface area contributed by atoms with Crippen molar-refractivity contribution in [1.82, 2.24) is 10.3 Å². The fourth-order valence-electron chi connectivity index (χ4n) is 3.00. The lowest BCUT2D eigenvalue weighted by Crippen LogP contribution is -2.43. The molecule has 0 bridgehead atoms. The van der Waals surface area contributed by atoms with Gasteiger partial charge in [-0.2, -0.15) is 0 Å². The van der Waals surface area contributed by atoms with Crippen LogP contribution in [0.5, 0.6) is 0 Å². The Morgan fingerprint density at radius 2 is 1.97 bits per heavy atom. The average molecular weight is 444 g/mol. The molecule has 30 heavy (non-hydrogen) atoms. The van der Waals surface area contributed by atoms with Gasteiger partial charge in [-0.05, 0) is 30.3 Å². The topological polar surface area (TPSA) is 134 Å². The van der Waals surface area contributed by atoms with E-state index in [2.05, 4.69) is 20.9 Å². The second-order valence-electron chi connectivity index (χ2n) is 6.73. The van der Waals surface area contributed by atoms with E-state index in [-0.39, 0.29) is 16.4 Å². The van der Waals surface area contributed by atoms with Crippen LogP contribution >= 0.6 is 11.3 Å². The van der Waals surface area contributed by atoms with Crippen LogP contribution in [-0.2, 0) is 19.4 Å². The predicted molar refractivity (Wildman–Crippen MR) is 112 cm³/mol. The van der Waals surface area contributed by atoms with Gasteiger partial charge in [-0.15, -0.1) is 0 Å². The third-order valence-electron chi connectivity index (χ3n) is 4.48. The third kappa shape index (κ3) is 4.02. The number of nitrogens with zero attached hydrogens (tertiary/aromatic N) is 1. The molecule has 0 saturated heterocycles. The van der Waals surface area contributed by atoms with Gasteiger partial charge in [0.25, 0.3) is 5.91 Å². The van der Waals surface area contributed by atoms with Crippen LogP contribution in [0.15, 0.2) is 47.4 Å². The van der Waals surface area contributed by atoms with E-state index in [4.69, 9.17) is 0 Å². The number of fused-ring (bicyclic) bond motifs is 2. The van der Waals surface area contributed by atoms with Crippen LogP contribution in [0.4, 0.5) is 10.8 Å². The number of anilines is 2. The number of sulfone groups is 1. The zero-order valence-electron chi connectivity index (χ0n) is 15.6. The Bertz CT molecular complexity index is 1300. The Kier molecular flexibility index (Phi) is 5.00. The van der Waals surface area contributed by atoms with Crippen LogP contribution in [0.25, 0.3) is 10.2 Å². The van der Waals surface area contributed by atoms with Gasteiger partial charge in [0, 0.05) is 6.26 Å². The Balaban J connectivity index is 1.48. The molecule has 0 fully saturated rings. The normalized spacial score (nSPS) is 16.4. The summed E-state index contributed by atoms with van der Waals surface area (Å²) in [5, 5.41) is 8.07. The number of rotatable bonds is 4. The van der Waals surface area contributed by atoms with Crippen LogP contribution in [-0.4, -0.2) is 43.4 Å². The van der Waals surface area contributed by atoms with Gasteiger partial charge < -0.3 is 16.0 Å². The molecule has 3 aromatic rings. The molecule has 0 spiro atoms. The van der Waals surface area contributed by atoms with Crippen molar-refractivity contribution >= 4 is 59.9 Å². The summed E-state index contributed by atoms with van der Waals surface area (Å²) in [6.45, 7) is 0. The lowest BCUT2D eigenvalue weighted by molar-refractivity contribution is -0.122. The highest BCUT2D eigenvalue weighted by Crippen LogP contribution is 2.28. The molecule has 0 radical (unpaired) electrons. The van der Waals surface area contributed by atoms with Crippen LogP contribution < -0.4 is 16.0 Å². The molecule has 11 heteroatoms. The molecule has 9 nitrogen and oxygen atoms in total. The maximum Gasteiger partial charge on any atom is 0.254 e. The molecule has 1 atom stereocenters. The minimum atomic E-state index is -3.36. The molecule has 154 valence electrons. The van der Waals surface area contributed by atoms with E-state index in [1.54, 1.807) is 30.3 Å². The van der Waals surface area contributed by atoms with Crippen LogP contribution in [0.1, 0.15) is 16.8 Å². The summed E-state index contributed by atoms with van der Waals surface area (Å²) in [7, 11) is -3.36. The molecule has 1 aliphatic rings. The van der Waals surface area contributed by atoms with Crippen LogP contribution in [0.2, 0.25) is 0 Å². The summed E-state index contributed by atoms with van der Waals surface area (Å²) in [6, 6.07) is 10.0. The molecule has 0 saturated carbocycles. The number of para-hydroxylation sites is 1. The highest BCUT2D eigenvalue weighted by Gasteiger charge is 2.29. The Morgan fingerprint density at radius 1 is 1.20 bits per heavy atom. The fourth-order valence-corrected chi connectivity index (χ4v) is 4.64. The number of aromatic nitrogens is 1. The second kappa shape index (κ2) is 7.50. The van der Waals surface area contributed by atoms with Gasteiger partial charge in [0.1, 0.15) is 6.04 Å². The van der Waals surface area contributed by atoms with E-state index >= 15 is 0 Å². The largest absolute Gasteiger partial charge is 0.340 e. The standard InChI is InChI=1S/C19H16N4O5S2/c1-30(27,28)10-6-7-13-15(8-10)29-19(22-13)23-16(24)9-14-18(26)20-12-5-3-2-4-11(12)17(25)21-14/h2-8,14H,9H2,1H3,(H,20,26)(H,21,25)(H,22,23,24)/t14-/m0/s1. The highest BCUT2D eigenvalue weighted by molar-refractivity contribution is 7.90. The van der Waals surface area contributed by atoms with Crippen molar-refractivity contribution in [3.05, 3.63) is 48.0 Å². The van der Waals surface area contributed by atoms with Gasteiger partial charge in [0.15, 0.2) is 15.0 Å². The molecule has 0 aliphatic carbocycles. The van der Waals surface area contributed by atoms with Crippen molar-refractivity contribution in [3.8, 4) is 0 Å². The average Bonchev–Trinajstić information content (AvgIpc) is 3.03. The molecular weight excluding hydrogens is 428 g/mol.